The van der Waals surface area contributed by atoms with Gasteiger partial charge in [0, 0.05) is 6.20 Å². The fourth-order valence-electron chi connectivity index (χ4n) is 1.02. The fourth-order valence-corrected chi connectivity index (χ4v) is 1.89. The van der Waals surface area contributed by atoms with Crippen molar-refractivity contribution in [1.82, 2.24) is 4.98 Å². The molecule has 8 heteroatoms. The summed E-state index contributed by atoms with van der Waals surface area (Å²) in [4.78, 5) is 2.11. The monoisotopic (exact) mass is 240 g/mol. The van der Waals surface area contributed by atoms with E-state index in [4.69, 9.17) is 0 Å². The summed E-state index contributed by atoms with van der Waals surface area (Å²) in [5.41, 5.74) is -1.33. The summed E-state index contributed by atoms with van der Waals surface area (Å²) in [6.45, 7) is 1.15. The molecule has 0 aromatic carbocycles. The second-order valence-corrected chi connectivity index (χ2v) is 4.29. The molecular weight excluding hydrogens is 233 g/mol. The van der Waals surface area contributed by atoms with Crippen molar-refractivity contribution in [3.05, 3.63) is 23.3 Å². The van der Waals surface area contributed by atoms with Crippen LogP contribution in [-0.4, -0.2) is 13.4 Å². The van der Waals surface area contributed by atoms with Gasteiger partial charge in [-0.15, -0.1) is 0 Å². The van der Waals surface area contributed by atoms with Crippen LogP contribution in [0, 0.1) is 12.7 Å². The van der Waals surface area contributed by atoms with E-state index < -0.39 is 32.7 Å². The predicted molar refractivity (Wildman–Crippen MR) is 45.3 cm³/mol. The smallest absolute Gasteiger partial charge is 0.258 e. The SMILES string of the molecule is Cc1ncc(C(F)F)c(S(N)(=O)=O)c1F. The first kappa shape index (κ1) is 11.9. The molecule has 0 aliphatic heterocycles. The minimum absolute atomic E-state index is 0.302. The number of primary sulfonamides is 1. The van der Waals surface area contributed by atoms with Crippen LogP contribution in [-0.2, 0) is 10.0 Å². The van der Waals surface area contributed by atoms with Gasteiger partial charge in [-0.1, -0.05) is 0 Å². The third kappa shape index (κ3) is 2.26. The number of rotatable bonds is 2. The van der Waals surface area contributed by atoms with Crippen molar-refractivity contribution in [3.8, 4) is 0 Å². The van der Waals surface area contributed by atoms with Gasteiger partial charge in [-0.05, 0) is 6.92 Å². The molecule has 0 unspecified atom stereocenters. The number of hydrogen-bond acceptors (Lipinski definition) is 3. The number of pyridine rings is 1. The summed E-state index contributed by atoms with van der Waals surface area (Å²) < 4.78 is 59.8. The first-order valence-corrected chi connectivity index (χ1v) is 5.25. The van der Waals surface area contributed by atoms with Crippen molar-refractivity contribution in [3.63, 3.8) is 0 Å². The third-order valence-electron chi connectivity index (χ3n) is 1.70. The zero-order valence-electron chi connectivity index (χ0n) is 7.54. The summed E-state index contributed by atoms with van der Waals surface area (Å²) in [6.07, 6.45) is -2.55. The average molecular weight is 240 g/mol. The van der Waals surface area contributed by atoms with Crippen LogP contribution in [0.5, 0.6) is 0 Å². The molecule has 4 nitrogen and oxygen atoms in total. The van der Waals surface area contributed by atoms with Gasteiger partial charge in [0.15, 0.2) is 5.82 Å². The van der Waals surface area contributed by atoms with Gasteiger partial charge in [0.2, 0.25) is 10.0 Å². The first-order valence-electron chi connectivity index (χ1n) is 3.71. The Kier molecular flexibility index (Phi) is 3.00. The molecule has 0 saturated heterocycles. The van der Waals surface area contributed by atoms with Crippen molar-refractivity contribution in [2.45, 2.75) is 18.2 Å². The van der Waals surface area contributed by atoms with E-state index in [1.807, 2.05) is 0 Å². The lowest BCUT2D eigenvalue weighted by atomic mass is 10.2. The van der Waals surface area contributed by atoms with Gasteiger partial charge < -0.3 is 0 Å². The quantitative estimate of drug-likeness (QED) is 0.841. The summed E-state index contributed by atoms with van der Waals surface area (Å²) in [6, 6.07) is 0. The van der Waals surface area contributed by atoms with Gasteiger partial charge in [-0.2, -0.15) is 0 Å². The Morgan fingerprint density at radius 3 is 2.40 bits per heavy atom. The highest BCUT2D eigenvalue weighted by atomic mass is 32.2. The third-order valence-corrected chi connectivity index (χ3v) is 2.68. The van der Waals surface area contributed by atoms with Gasteiger partial charge in [-0.25, -0.2) is 26.7 Å². The van der Waals surface area contributed by atoms with Crippen LogP contribution >= 0.6 is 0 Å². The maximum Gasteiger partial charge on any atom is 0.266 e. The largest absolute Gasteiger partial charge is 0.266 e. The van der Waals surface area contributed by atoms with Gasteiger partial charge in [0.25, 0.3) is 6.43 Å². The molecule has 0 radical (unpaired) electrons. The Bertz CT molecular complexity index is 487. The molecule has 1 heterocycles. The van der Waals surface area contributed by atoms with Crippen LogP contribution < -0.4 is 5.14 Å². The number of sulfonamides is 1. The number of alkyl halides is 2. The lowest BCUT2D eigenvalue weighted by molar-refractivity contribution is 0.146. The normalized spacial score (nSPS) is 12.1. The van der Waals surface area contributed by atoms with E-state index in [0.717, 1.165) is 6.92 Å². The predicted octanol–water partition coefficient (Wildman–Crippen LogP) is 1.11. The van der Waals surface area contributed by atoms with Crippen molar-refractivity contribution in [2.24, 2.45) is 5.14 Å². The molecule has 0 amide bonds. The maximum atomic E-state index is 13.3. The topological polar surface area (TPSA) is 73.0 Å². The summed E-state index contributed by atoms with van der Waals surface area (Å²) in [5.74, 6) is -1.34. The zero-order chi connectivity index (χ0) is 11.8. The Labute approximate surface area is 84.0 Å². The minimum Gasteiger partial charge on any atom is -0.258 e. The van der Waals surface area contributed by atoms with Crippen molar-refractivity contribution < 1.29 is 21.6 Å². The van der Waals surface area contributed by atoms with Crippen LogP contribution in [0.2, 0.25) is 0 Å². The van der Waals surface area contributed by atoms with E-state index in [9.17, 15) is 21.6 Å². The number of aryl methyl sites for hydroxylation is 1. The van der Waals surface area contributed by atoms with Gasteiger partial charge in [0.1, 0.15) is 4.90 Å². The molecule has 0 atom stereocenters. The minimum atomic E-state index is -4.53. The Hall–Kier alpha value is -1.15. The number of hydrogen-bond donors (Lipinski definition) is 1. The van der Waals surface area contributed by atoms with Gasteiger partial charge in [0.05, 0.1) is 11.3 Å². The molecule has 15 heavy (non-hydrogen) atoms. The van der Waals surface area contributed by atoms with Crippen LogP contribution in [0.3, 0.4) is 0 Å². The average Bonchev–Trinajstić information content (AvgIpc) is 2.06. The van der Waals surface area contributed by atoms with E-state index in [1.54, 1.807) is 0 Å². The number of halogens is 3. The highest BCUT2D eigenvalue weighted by molar-refractivity contribution is 7.89. The van der Waals surface area contributed by atoms with Crippen molar-refractivity contribution >= 4 is 10.0 Å². The van der Waals surface area contributed by atoms with Crippen molar-refractivity contribution in [2.75, 3.05) is 0 Å². The lowest BCUT2D eigenvalue weighted by Gasteiger charge is -2.08. The molecule has 0 aliphatic carbocycles. The summed E-state index contributed by atoms with van der Waals surface area (Å²) in [7, 11) is -4.53. The Balaban J connectivity index is 3.65. The number of nitrogens with zero attached hydrogens (tertiary/aromatic N) is 1. The number of nitrogens with two attached hydrogens (primary N) is 1. The Morgan fingerprint density at radius 1 is 1.47 bits per heavy atom. The van der Waals surface area contributed by atoms with Crippen LogP contribution in [0.1, 0.15) is 17.7 Å². The number of aromatic nitrogens is 1. The van der Waals surface area contributed by atoms with Gasteiger partial charge in [-0.3, -0.25) is 4.98 Å². The molecule has 0 fully saturated rings. The van der Waals surface area contributed by atoms with E-state index in [2.05, 4.69) is 10.1 Å². The summed E-state index contributed by atoms with van der Waals surface area (Å²) >= 11 is 0. The highest BCUT2D eigenvalue weighted by Gasteiger charge is 2.26. The fraction of sp³-hybridized carbons (Fsp3) is 0.286. The molecule has 0 bridgehead atoms. The van der Waals surface area contributed by atoms with E-state index in [0.29, 0.717) is 6.20 Å². The second kappa shape index (κ2) is 3.78. The molecule has 0 aliphatic rings. The van der Waals surface area contributed by atoms with E-state index >= 15 is 0 Å². The zero-order valence-corrected chi connectivity index (χ0v) is 8.35. The molecule has 2 N–H and O–H groups in total. The lowest BCUT2D eigenvalue weighted by Crippen LogP contribution is -2.18. The maximum absolute atomic E-state index is 13.3. The molecule has 1 rings (SSSR count). The van der Waals surface area contributed by atoms with Crippen LogP contribution in [0.15, 0.2) is 11.1 Å². The standard InChI is InChI=1S/C7H7F3N2O2S/c1-3-5(8)6(15(11,13)14)4(2-12-3)7(9)10/h2,7H,1H3,(H2,11,13,14). The van der Waals surface area contributed by atoms with Crippen LogP contribution in [0.4, 0.5) is 13.2 Å². The van der Waals surface area contributed by atoms with E-state index in [1.165, 1.54) is 0 Å². The first-order chi connectivity index (χ1) is 6.75. The van der Waals surface area contributed by atoms with Gasteiger partial charge >= 0.3 is 0 Å². The highest BCUT2D eigenvalue weighted by Crippen LogP contribution is 2.27. The van der Waals surface area contributed by atoms with Crippen molar-refractivity contribution in [1.29, 1.82) is 0 Å². The molecule has 0 spiro atoms. The second-order valence-electron chi connectivity index (χ2n) is 2.79. The molecule has 1 aromatic heterocycles. The molecular formula is C7H7F3N2O2S. The summed E-state index contributed by atoms with van der Waals surface area (Å²) in [5, 5.41) is 4.64. The molecule has 1 aromatic rings. The molecule has 84 valence electrons. The van der Waals surface area contributed by atoms with Crippen LogP contribution in [0.25, 0.3) is 0 Å². The Morgan fingerprint density at radius 2 is 2.00 bits per heavy atom. The molecule has 0 saturated carbocycles. The van der Waals surface area contributed by atoms with E-state index in [-0.39, 0.29) is 5.69 Å².